The van der Waals surface area contributed by atoms with Crippen LogP contribution < -0.4 is 10.2 Å². The Kier molecular flexibility index (Phi) is 2.91. The third-order valence-corrected chi connectivity index (χ3v) is 2.66. The zero-order valence-electron chi connectivity index (χ0n) is 9.07. The van der Waals surface area contributed by atoms with Crippen LogP contribution in [0.25, 0.3) is 0 Å². The Hall–Kier alpha value is -1.43. The van der Waals surface area contributed by atoms with Gasteiger partial charge in [-0.15, -0.1) is 10.2 Å². The first-order chi connectivity index (χ1) is 7.56. The number of piperazine rings is 1. The van der Waals surface area contributed by atoms with Crippen molar-refractivity contribution in [3.63, 3.8) is 0 Å². The molecule has 1 fully saturated rings. The van der Waals surface area contributed by atoms with Gasteiger partial charge in [-0.05, 0) is 13.8 Å². The van der Waals surface area contributed by atoms with Crippen LogP contribution in [-0.4, -0.2) is 40.2 Å². The molecule has 6 nitrogen and oxygen atoms in total. The number of carbonyl (C=O) groups excluding carboxylic acids is 1. The third kappa shape index (κ3) is 2.21. The normalized spacial score (nSPS) is 20.8. The van der Waals surface area contributed by atoms with Gasteiger partial charge in [-0.3, -0.25) is 4.79 Å². The van der Waals surface area contributed by atoms with Crippen LogP contribution in [0, 0.1) is 6.92 Å². The molecule has 1 aliphatic heterocycles. The van der Waals surface area contributed by atoms with E-state index in [1.807, 2.05) is 6.92 Å². The number of nitrogens with one attached hydrogen (secondary N) is 1. The molecule has 2 heterocycles. The highest BCUT2D eigenvalue weighted by atomic mass is 35.5. The third-order valence-electron chi connectivity index (χ3n) is 2.31. The number of anilines is 1. The fraction of sp³-hybridized carbons (Fsp3) is 0.556. The molecular formula is C9H12ClN5O. The second kappa shape index (κ2) is 4.21. The molecule has 1 aromatic rings. The highest BCUT2D eigenvalue weighted by Crippen LogP contribution is 2.13. The van der Waals surface area contributed by atoms with Crippen LogP contribution in [0.1, 0.15) is 12.6 Å². The predicted octanol–water partition coefficient (Wildman–Crippen LogP) is 0.158. The number of hydrogen-bond donors (Lipinski definition) is 1. The summed E-state index contributed by atoms with van der Waals surface area (Å²) in [6.45, 7) is 4.62. The second-order valence-electron chi connectivity index (χ2n) is 3.84. The van der Waals surface area contributed by atoms with Crippen LogP contribution in [0.15, 0.2) is 0 Å². The maximum Gasteiger partial charge on any atom is 0.246 e. The van der Waals surface area contributed by atoms with Crippen molar-refractivity contribution >= 4 is 23.5 Å². The lowest BCUT2D eigenvalue weighted by molar-refractivity contribution is -0.121. The Labute approximate surface area is 98.0 Å². The van der Waals surface area contributed by atoms with E-state index < -0.39 is 0 Å². The van der Waals surface area contributed by atoms with Gasteiger partial charge < -0.3 is 10.2 Å². The van der Waals surface area contributed by atoms with E-state index in [-0.39, 0.29) is 18.5 Å². The number of hydrogen-bond acceptors (Lipinski definition) is 5. The Morgan fingerprint density at radius 1 is 1.50 bits per heavy atom. The molecule has 0 saturated carbocycles. The minimum Gasteiger partial charge on any atom is -0.350 e. The number of aryl methyl sites for hydroxylation is 1. The van der Waals surface area contributed by atoms with E-state index in [1.165, 1.54) is 0 Å². The maximum absolute atomic E-state index is 11.4. The molecule has 1 aliphatic rings. The van der Waals surface area contributed by atoms with Crippen LogP contribution in [-0.2, 0) is 4.79 Å². The van der Waals surface area contributed by atoms with Crippen molar-refractivity contribution in [2.45, 2.75) is 19.9 Å². The average molecular weight is 242 g/mol. The molecule has 7 heteroatoms. The molecule has 1 atom stereocenters. The van der Waals surface area contributed by atoms with Gasteiger partial charge in [0.2, 0.25) is 11.9 Å². The highest BCUT2D eigenvalue weighted by Gasteiger charge is 2.23. The van der Waals surface area contributed by atoms with E-state index in [9.17, 15) is 4.79 Å². The van der Waals surface area contributed by atoms with E-state index in [4.69, 9.17) is 11.6 Å². The van der Waals surface area contributed by atoms with E-state index in [2.05, 4.69) is 20.5 Å². The Morgan fingerprint density at radius 3 is 2.88 bits per heavy atom. The number of nitrogens with zero attached hydrogens (tertiary/aromatic N) is 4. The molecule has 1 N–H and O–H groups in total. The SMILES string of the molecule is Cc1nc(N2CC(=O)N[C@@H](C)C2)nnc1Cl. The average Bonchev–Trinajstić information content (AvgIpc) is 2.20. The molecule has 1 amide bonds. The van der Waals surface area contributed by atoms with Crippen LogP contribution >= 0.6 is 11.6 Å². The predicted molar refractivity (Wildman–Crippen MR) is 59.4 cm³/mol. The molecule has 0 spiro atoms. The number of amides is 1. The zero-order valence-corrected chi connectivity index (χ0v) is 9.82. The molecule has 1 aromatic heterocycles. The lowest BCUT2D eigenvalue weighted by atomic mass is 10.2. The first-order valence-corrected chi connectivity index (χ1v) is 5.35. The van der Waals surface area contributed by atoms with Gasteiger partial charge in [0.1, 0.15) is 0 Å². The van der Waals surface area contributed by atoms with Gasteiger partial charge in [0.15, 0.2) is 5.15 Å². The minimum absolute atomic E-state index is 0.0325. The molecule has 0 bridgehead atoms. The van der Waals surface area contributed by atoms with Crippen LogP contribution in [0.3, 0.4) is 0 Å². The van der Waals surface area contributed by atoms with Crippen molar-refractivity contribution in [1.29, 1.82) is 0 Å². The van der Waals surface area contributed by atoms with Crippen molar-refractivity contribution in [2.75, 3.05) is 18.0 Å². The van der Waals surface area contributed by atoms with Crippen molar-refractivity contribution < 1.29 is 4.79 Å². The number of rotatable bonds is 1. The fourth-order valence-corrected chi connectivity index (χ4v) is 1.68. The molecule has 0 aliphatic carbocycles. The van der Waals surface area contributed by atoms with Crippen LogP contribution in [0.4, 0.5) is 5.95 Å². The molecule has 16 heavy (non-hydrogen) atoms. The topological polar surface area (TPSA) is 71.0 Å². The lowest BCUT2D eigenvalue weighted by Crippen LogP contribution is -2.53. The summed E-state index contributed by atoms with van der Waals surface area (Å²) in [4.78, 5) is 17.4. The van der Waals surface area contributed by atoms with Gasteiger partial charge in [0.05, 0.1) is 12.2 Å². The standard InChI is InChI=1S/C9H12ClN5O/c1-5-3-15(4-7(16)11-5)9-12-6(2)8(10)13-14-9/h5H,3-4H2,1-2H3,(H,11,16)/t5-/m0/s1. The molecular weight excluding hydrogens is 230 g/mol. The summed E-state index contributed by atoms with van der Waals surface area (Å²) in [6, 6.07) is 0.0841. The molecule has 1 saturated heterocycles. The Bertz CT molecular complexity index is 424. The zero-order chi connectivity index (χ0) is 11.7. The molecule has 0 unspecified atom stereocenters. The number of carbonyl (C=O) groups is 1. The largest absolute Gasteiger partial charge is 0.350 e. The maximum atomic E-state index is 11.4. The van der Waals surface area contributed by atoms with E-state index in [0.29, 0.717) is 23.3 Å². The summed E-state index contributed by atoms with van der Waals surface area (Å²) in [6.07, 6.45) is 0. The van der Waals surface area contributed by atoms with Crippen LogP contribution in [0.2, 0.25) is 5.15 Å². The first-order valence-electron chi connectivity index (χ1n) is 4.97. The summed E-state index contributed by atoms with van der Waals surface area (Å²) < 4.78 is 0. The van der Waals surface area contributed by atoms with Crippen molar-refractivity contribution in [3.8, 4) is 0 Å². The number of aromatic nitrogens is 3. The summed E-state index contributed by atoms with van der Waals surface area (Å²) >= 11 is 5.74. The molecule has 0 radical (unpaired) electrons. The summed E-state index contributed by atoms with van der Waals surface area (Å²) in [7, 11) is 0. The van der Waals surface area contributed by atoms with Gasteiger partial charge in [-0.25, -0.2) is 4.98 Å². The lowest BCUT2D eigenvalue weighted by Gasteiger charge is -2.30. The van der Waals surface area contributed by atoms with E-state index in [1.54, 1.807) is 11.8 Å². The second-order valence-corrected chi connectivity index (χ2v) is 4.20. The number of halogens is 1. The van der Waals surface area contributed by atoms with Crippen molar-refractivity contribution in [2.24, 2.45) is 0 Å². The minimum atomic E-state index is -0.0325. The van der Waals surface area contributed by atoms with Crippen LogP contribution in [0.5, 0.6) is 0 Å². The first kappa shape index (κ1) is 11.1. The summed E-state index contributed by atoms with van der Waals surface area (Å²) in [5.74, 6) is 0.415. The smallest absolute Gasteiger partial charge is 0.246 e. The van der Waals surface area contributed by atoms with Gasteiger partial charge in [-0.2, -0.15) is 0 Å². The Morgan fingerprint density at radius 2 is 2.25 bits per heavy atom. The highest BCUT2D eigenvalue weighted by molar-refractivity contribution is 6.29. The van der Waals surface area contributed by atoms with Crippen molar-refractivity contribution in [3.05, 3.63) is 10.8 Å². The van der Waals surface area contributed by atoms with Gasteiger partial charge in [0, 0.05) is 12.6 Å². The monoisotopic (exact) mass is 241 g/mol. The fourth-order valence-electron chi connectivity index (χ4n) is 1.60. The Balaban J connectivity index is 2.23. The van der Waals surface area contributed by atoms with Crippen molar-refractivity contribution in [1.82, 2.24) is 20.5 Å². The van der Waals surface area contributed by atoms with Gasteiger partial charge >= 0.3 is 0 Å². The molecule has 86 valence electrons. The summed E-state index contributed by atoms with van der Waals surface area (Å²) in [5.41, 5.74) is 0.616. The van der Waals surface area contributed by atoms with Gasteiger partial charge in [0.25, 0.3) is 0 Å². The summed E-state index contributed by atoms with van der Waals surface area (Å²) in [5, 5.41) is 10.8. The van der Waals surface area contributed by atoms with E-state index >= 15 is 0 Å². The van der Waals surface area contributed by atoms with Gasteiger partial charge in [-0.1, -0.05) is 11.6 Å². The molecule has 2 rings (SSSR count). The quantitative estimate of drug-likeness (QED) is 0.758. The van der Waals surface area contributed by atoms with E-state index in [0.717, 1.165) is 0 Å². The molecule has 0 aromatic carbocycles.